The molecule has 0 aliphatic carbocycles. The molecule has 0 atom stereocenters. The molecule has 3 rings (SSSR count). The molecular weight excluding hydrogens is 588 g/mol. The predicted molar refractivity (Wildman–Crippen MR) is 151 cm³/mol. The number of carboxylic acids is 2. The zero-order valence-corrected chi connectivity index (χ0v) is 23.3. The number of amidine groups is 1. The Kier molecular flexibility index (Phi) is 13.9. The number of carbonyl (C=O) groups excluding carboxylic acids is 2. The number of hydrogen-bond acceptors (Lipinski definition) is 8. The fraction of sp³-hybridized carbons (Fsp3) is 0.217. The maximum Gasteiger partial charge on any atom is 0.335 e. The van der Waals surface area contributed by atoms with Gasteiger partial charge in [0.1, 0.15) is 11.2 Å². The molecule has 0 saturated carbocycles. The SMILES string of the molecule is CN1C(=O)SCC1=Nc1ccc(C(=O)O)cc1.CNC(=S)Nc1ccc(C(=O)O)cc1.COC(=O)CBr. The van der Waals surface area contributed by atoms with Crippen molar-refractivity contribution >= 4 is 85.4 Å². The summed E-state index contributed by atoms with van der Waals surface area (Å²) < 4.78 is 4.21. The second-order valence-corrected chi connectivity index (χ2v) is 8.69. The quantitative estimate of drug-likeness (QED) is 0.219. The van der Waals surface area contributed by atoms with Crippen molar-refractivity contribution in [2.45, 2.75) is 0 Å². The van der Waals surface area contributed by atoms with E-state index in [1.165, 1.54) is 48.0 Å². The van der Waals surface area contributed by atoms with Crippen LogP contribution in [-0.4, -0.2) is 81.5 Å². The molecular formula is C23H25BrN4O7S2. The highest BCUT2D eigenvalue weighted by Gasteiger charge is 2.24. The molecule has 1 heterocycles. The second kappa shape index (κ2) is 16.3. The number of rotatable bonds is 5. The lowest BCUT2D eigenvalue weighted by Crippen LogP contribution is -2.24. The van der Waals surface area contributed by atoms with Crippen molar-refractivity contribution in [2.75, 3.05) is 37.6 Å². The molecule has 1 aliphatic heterocycles. The number of amides is 1. The number of carboxylic acid groups (broad SMARTS) is 2. The Morgan fingerprint density at radius 1 is 1.08 bits per heavy atom. The van der Waals surface area contributed by atoms with Crippen LogP contribution in [-0.2, 0) is 9.53 Å². The maximum atomic E-state index is 11.2. The van der Waals surface area contributed by atoms with Crippen LogP contribution >= 0.6 is 39.9 Å². The topological polar surface area (TPSA) is 158 Å². The molecule has 4 N–H and O–H groups in total. The molecule has 198 valence electrons. The van der Waals surface area contributed by atoms with Crippen LogP contribution in [0.25, 0.3) is 0 Å². The normalized spacial score (nSPS) is 12.9. The van der Waals surface area contributed by atoms with E-state index in [0.29, 0.717) is 22.4 Å². The van der Waals surface area contributed by atoms with Gasteiger partial charge in [-0.05, 0) is 60.7 Å². The Morgan fingerprint density at radius 3 is 1.95 bits per heavy atom. The summed E-state index contributed by atoms with van der Waals surface area (Å²) in [7, 11) is 4.73. The minimum atomic E-state index is -0.965. The number of alkyl halides is 1. The van der Waals surface area contributed by atoms with E-state index < -0.39 is 11.9 Å². The van der Waals surface area contributed by atoms with Crippen LogP contribution in [0.1, 0.15) is 20.7 Å². The van der Waals surface area contributed by atoms with Crippen molar-refractivity contribution in [3.63, 3.8) is 0 Å². The van der Waals surface area contributed by atoms with Gasteiger partial charge >= 0.3 is 17.9 Å². The monoisotopic (exact) mass is 612 g/mol. The summed E-state index contributed by atoms with van der Waals surface area (Å²) in [5, 5.41) is 23.8. The maximum absolute atomic E-state index is 11.2. The number of halogens is 1. The Labute approximate surface area is 231 Å². The molecule has 0 unspecified atom stereocenters. The summed E-state index contributed by atoms with van der Waals surface area (Å²) in [5.74, 6) is -0.908. The standard InChI is InChI=1S/C11H10N2O3S.C9H10N2O2S.C3H5BrO2/c1-13-9(6-17-11(13)16)12-8-4-2-7(3-5-8)10(14)15;1-10-9(14)11-7-4-2-6(3-5-7)8(12)13;1-6-3(5)2-4/h2-5H,6H2,1H3,(H,14,15);2-5H,1H3,(H,12,13)(H2,10,11,14);2H2,1H3. The summed E-state index contributed by atoms with van der Waals surface area (Å²) >= 11 is 8.99. The number of esters is 1. The Bertz CT molecular complexity index is 1140. The van der Waals surface area contributed by atoms with Crippen LogP contribution in [0.5, 0.6) is 0 Å². The first-order valence-electron chi connectivity index (χ1n) is 10.3. The van der Waals surface area contributed by atoms with Crippen molar-refractivity contribution < 1.29 is 34.1 Å². The molecule has 37 heavy (non-hydrogen) atoms. The lowest BCUT2D eigenvalue weighted by Gasteiger charge is -2.07. The lowest BCUT2D eigenvalue weighted by molar-refractivity contribution is -0.137. The third kappa shape index (κ3) is 11.4. The number of aliphatic imine (C=N–C) groups is 1. The van der Waals surface area contributed by atoms with Crippen LogP contribution in [0.3, 0.4) is 0 Å². The number of ether oxygens (including phenoxy) is 1. The zero-order valence-electron chi connectivity index (χ0n) is 20.1. The van der Waals surface area contributed by atoms with Crippen LogP contribution in [0.2, 0.25) is 0 Å². The molecule has 1 amide bonds. The van der Waals surface area contributed by atoms with E-state index in [0.717, 1.165) is 5.69 Å². The van der Waals surface area contributed by atoms with Crippen LogP contribution in [0.4, 0.5) is 16.2 Å². The third-order valence-corrected chi connectivity index (χ3v) is 6.00. The average molecular weight is 614 g/mol. The fourth-order valence-electron chi connectivity index (χ4n) is 2.30. The number of aromatic carboxylic acids is 2. The summed E-state index contributed by atoms with van der Waals surface area (Å²) in [5.41, 5.74) is 1.88. The predicted octanol–water partition coefficient (Wildman–Crippen LogP) is 4.07. The molecule has 0 spiro atoms. The number of thioether (sulfide) groups is 1. The Hall–Kier alpha value is -3.49. The van der Waals surface area contributed by atoms with Gasteiger partial charge in [0, 0.05) is 19.8 Å². The number of methoxy groups -OCH3 is 1. The van der Waals surface area contributed by atoms with Gasteiger partial charge in [-0.2, -0.15) is 0 Å². The number of nitrogens with one attached hydrogen (secondary N) is 2. The minimum Gasteiger partial charge on any atom is -0.478 e. The van der Waals surface area contributed by atoms with Crippen LogP contribution in [0, 0.1) is 0 Å². The molecule has 2 aromatic carbocycles. The van der Waals surface area contributed by atoms with Crippen molar-refractivity contribution in [1.29, 1.82) is 0 Å². The number of hydrogen-bond donors (Lipinski definition) is 4. The largest absolute Gasteiger partial charge is 0.478 e. The Balaban J connectivity index is 0.000000309. The van der Waals surface area contributed by atoms with Gasteiger partial charge in [0.05, 0.1) is 29.7 Å². The van der Waals surface area contributed by atoms with E-state index in [-0.39, 0.29) is 27.7 Å². The van der Waals surface area contributed by atoms with Gasteiger partial charge in [-0.25, -0.2) is 14.6 Å². The minimum absolute atomic E-state index is 0.0223. The van der Waals surface area contributed by atoms with Crippen molar-refractivity contribution in [1.82, 2.24) is 10.2 Å². The number of benzene rings is 2. The van der Waals surface area contributed by atoms with Crippen molar-refractivity contribution in [2.24, 2.45) is 4.99 Å². The number of thiocarbonyl (C=S) groups is 1. The van der Waals surface area contributed by atoms with Gasteiger partial charge in [-0.15, -0.1) is 0 Å². The van der Waals surface area contributed by atoms with Crippen LogP contribution < -0.4 is 10.6 Å². The molecule has 1 saturated heterocycles. The van der Waals surface area contributed by atoms with Crippen molar-refractivity contribution in [3.05, 3.63) is 59.7 Å². The molecule has 0 bridgehead atoms. The molecule has 2 aromatic rings. The lowest BCUT2D eigenvalue weighted by atomic mass is 10.2. The van der Waals surface area contributed by atoms with E-state index in [1.807, 2.05) is 0 Å². The van der Waals surface area contributed by atoms with Gasteiger partial charge < -0.3 is 25.6 Å². The highest BCUT2D eigenvalue weighted by atomic mass is 79.9. The highest BCUT2D eigenvalue weighted by molar-refractivity contribution is 9.09. The van der Waals surface area contributed by atoms with E-state index in [9.17, 15) is 19.2 Å². The number of carbonyl (C=O) groups is 4. The average Bonchev–Trinajstić information content (AvgIpc) is 3.21. The van der Waals surface area contributed by atoms with E-state index >= 15 is 0 Å². The van der Waals surface area contributed by atoms with E-state index in [4.69, 9.17) is 22.4 Å². The molecule has 11 nitrogen and oxygen atoms in total. The molecule has 0 aromatic heterocycles. The number of nitrogens with zero attached hydrogens (tertiary/aromatic N) is 2. The summed E-state index contributed by atoms with van der Waals surface area (Å²) in [4.78, 5) is 48.1. The first kappa shape index (κ1) is 31.5. The summed E-state index contributed by atoms with van der Waals surface area (Å²) in [6.07, 6.45) is 0. The smallest absolute Gasteiger partial charge is 0.335 e. The van der Waals surface area contributed by atoms with Crippen LogP contribution in [0.15, 0.2) is 53.5 Å². The van der Waals surface area contributed by atoms with E-state index in [2.05, 4.69) is 36.3 Å². The molecule has 1 aliphatic rings. The van der Waals surface area contributed by atoms with Gasteiger partial charge in [0.2, 0.25) is 0 Å². The summed E-state index contributed by atoms with van der Waals surface area (Å²) in [6.45, 7) is 0. The fourth-order valence-corrected chi connectivity index (χ4v) is 3.46. The number of anilines is 1. The van der Waals surface area contributed by atoms with Gasteiger partial charge in [0.25, 0.3) is 5.24 Å². The zero-order chi connectivity index (χ0) is 28.0. The summed E-state index contributed by atoms with van der Waals surface area (Å²) in [6, 6.07) is 12.6. The third-order valence-electron chi connectivity index (χ3n) is 4.31. The first-order valence-corrected chi connectivity index (χ1v) is 12.8. The van der Waals surface area contributed by atoms with Gasteiger partial charge in [-0.1, -0.05) is 27.7 Å². The van der Waals surface area contributed by atoms with Gasteiger partial charge in [-0.3, -0.25) is 14.5 Å². The highest BCUT2D eigenvalue weighted by Crippen LogP contribution is 2.21. The second-order valence-electron chi connectivity index (χ2n) is 6.79. The Morgan fingerprint density at radius 2 is 1.59 bits per heavy atom. The van der Waals surface area contributed by atoms with E-state index in [1.54, 1.807) is 38.4 Å². The molecule has 1 fully saturated rings. The first-order chi connectivity index (χ1) is 17.5. The molecule has 0 radical (unpaired) electrons. The van der Waals surface area contributed by atoms with Crippen molar-refractivity contribution in [3.8, 4) is 0 Å². The van der Waals surface area contributed by atoms with Gasteiger partial charge in [0.15, 0.2) is 5.11 Å². The molecule has 14 heteroatoms.